The maximum absolute atomic E-state index is 12.9. The molecule has 1 aliphatic heterocycles. The van der Waals surface area contributed by atoms with Crippen LogP contribution in [0.1, 0.15) is 90.0 Å². The summed E-state index contributed by atoms with van der Waals surface area (Å²) >= 11 is 0. The van der Waals surface area contributed by atoms with Gasteiger partial charge in [0.25, 0.3) is 0 Å². The predicted octanol–water partition coefficient (Wildman–Crippen LogP) is 5.09. The molecule has 0 saturated carbocycles. The van der Waals surface area contributed by atoms with Crippen LogP contribution in [0.2, 0.25) is 0 Å². The Morgan fingerprint density at radius 3 is 2.47 bits per heavy atom. The van der Waals surface area contributed by atoms with Crippen molar-refractivity contribution in [3.63, 3.8) is 0 Å². The number of aromatic nitrogens is 1. The Morgan fingerprint density at radius 1 is 1.16 bits per heavy atom. The van der Waals surface area contributed by atoms with E-state index in [4.69, 9.17) is 19.7 Å². The first-order valence-corrected chi connectivity index (χ1v) is 15.2. The smallest absolute Gasteiger partial charge is 0.311 e. The van der Waals surface area contributed by atoms with Crippen LogP contribution in [0, 0.1) is 36.0 Å². The zero-order valence-electron chi connectivity index (χ0n) is 26.3. The van der Waals surface area contributed by atoms with Crippen molar-refractivity contribution in [2.75, 3.05) is 0 Å². The molecular formula is C33H50ClNO8. The molecule has 1 fully saturated rings. The number of aliphatic hydroxyl groups excluding tert-OH is 3. The number of aryl methyl sites for hydroxylation is 1. The van der Waals surface area contributed by atoms with Gasteiger partial charge in [-0.05, 0) is 69.8 Å². The highest BCUT2D eigenvalue weighted by atomic mass is 35.5. The summed E-state index contributed by atoms with van der Waals surface area (Å²) in [5.74, 6) is 0.738. The molecule has 0 aromatic carbocycles. The van der Waals surface area contributed by atoms with E-state index in [1.807, 2.05) is 20.8 Å². The summed E-state index contributed by atoms with van der Waals surface area (Å²) < 4.78 is 11.6. The van der Waals surface area contributed by atoms with E-state index >= 15 is 0 Å². The molecule has 9 nitrogen and oxygen atoms in total. The second-order valence-electron chi connectivity index (χ2n) is 12.8. The topological polar surface area (TPSA) is 146 Å². The highest BCUT2D eigenvalue weighted by Crippen LogP contribution is 2.45. The largest absolute Gasteiger partial charge is 0.506 e. The lowest BCUT2D eigenvalue weighted by Gasteiger charge is -2.44. The van der Waals surface area contributed by atoms with Crippen LogP contribution < -0.4 is 0 Å². The molecule has 0 unspecified atom stereocenters. The first-order valence-electron chi connectivity index (χ1n) is 15.2. The van der Waals surface area contributed by atoms with Crippen LogP contribution in [0.5, 0.6) is 5.75 Å². The number of aromatic hydroxyl groups is 1. The van der Waals surface area contributed by atoms with E-state index in [9.17, 15) is 19.8 Å². The van der Waals surface area contributed by atoms with Crippen molar-refractivity contribution < 1.29 is 39.5 Å². The van der Waals surface area contributed by atoms with Crippen molar-refractivity contribution in [2.45, 2.75) is 112 Å². The van der Waals surface area contributed by atoms with Crippen LogP contribution in [0.4, 0.5) is 0 Å². The Morgan fingerprint density at radius 2 is 1.86 bits per heavy atom. The molecule has 0 radical (unpaired) electrons. The lowest BCUT2D eigenvalue weighted by Crippen LogP contribution is -2.43. The van der Waals surface area contributed by atoms with Crippen molar-refractivity contribution in [3.8, 4) is 5.75 Å². The fourth-order valence-corrected chi connectivity index (χ4v) is 6.08. The van der Waals surface area contributed by atoms with E-state index < -0.39 is 11.5 Å². The minimum Gasteiger partial charge on any atom is -0.506 e. The Balaban J connectivity index is 0.000000418. The van der Waals surface area contributed by atoms with Crippen molar-refractivity contribution >= 4 is 24.3 Å². The summed E-state index contributed by atoms with van der Waals surface area (Å²) in [5, 5.41) is 37.0. The molecule has 1 aromatic heterocycles. The maximum Gasteiger partial charge on any atom is 0.311 e. The SMILES string of the molecule is CCC(C)(C)C(=O)O[C@H]1C[C@@H](C)C=C2C=C[C@H](C)[C@H](CC[C@@H]3C[C@@H](O)CC(=O)O3)[C@H]21.Cc1ncc(CO)c(CO)c1O.Cl. The number of carbonyl (C=O) groups is 2. The second-order valence-corrected chi connectivity index (χ2v) is 12.8. The van der Waals surface area contributed by atoms with E-state index in [0.29, 0.717) is 41.0 Å². The zero-order chi connectivity index (χ0) is 31.2. The predicted molar refractivity (Wildman–Crippen MR) is 165 cm³/mol. The lowest BCUT2D eigenvalue weighted by molar-refractivity contribution is -0.166. The Labute approximate surface area is 261 Å². The third-order valence-electron chi connectivity index (χ3n) is 9.11. The van der Waals surface area contributed by atoms with Gasteiger partial charge in [0.2, 0.25) is 0 Å². The van der Waals surface area contributed by atoms with Crippen molar-refractivity contribution in [2.24, 2.45) is 29.1 Å². The molecule has 7 atom stereocenters. The summed E-state index contributed by atoms with van der Waals surface area (Å²) in [7, 11) is 0. The second kappa shape index (κ2) is 16.0. The zero-order valence-corrected chi connectivity index (χ0v) is 27.1. The van der Waals surface area contributed by atoms with Crippen LogP contribution in [0.15, 0.2) is 30.0 Å². The lowest BCUT2D eigenvalue weighted by atomic mass is 9.65. The minimum atomic E-state index is -0.601. The van der Waals surface area contributed by atoms with E-state index in [1.165, 1.54) is 11.8 Å². The fraction of sp³-hybridized carbons (Fsp3) is 0.667. The number of fused-ring (bicyclic) bond motifs is 1. The number of ether oxygens (including phenoxy) is 2. The number of esters is 2. The summed E-state index contributed by atoms with van der Waals surface area (Å²) in [4.78, 5) is 28.4. The van der Waals surface area contributed by atoms with Gasteiger partial charge in [-0.25, -0.2) is 0 Å². The summed E-state index contributed by atoms with van der Waals surface area (Å²) in [5.41, 5.74) is 2.05. The average Bonchev–Trinajstić information content (AvgIpc) is 2.93. The molecule has 1 saturated heterocycles. The molecule has 3 aliphatic rings. The highest BCUT2D eigenvalue weighted by Gasteiger charge is 2.43. The molecule has 0 spiro atoms. The number of allylic oxidation sites excluding steroid dienone is 3. The summed E-state index contributed by atoms with van der Waals surface area (Å²) in [6.45, 7) is 11.4. The van der Waals surface area contributed by atoms with Gasteiger partial charge in [-0.15, -0.1) is 12.4 Å². The molecule has 242 valence electrons. The number of halogens is 1. The number of hydrogen-bond donors (Lipinski definition) is 4. The van der Waals surface area contributed by atoms with Gasteiger partial charge in [-0.3, -0.25) is 14.6 Å². The normalized spacial score (nSPS) is 28.3. The third kappa shape index (κ3) is 9.27. The van der Waals surface area contributed by atoms with Gasteiger partial charge in [0.05, 0.1) is 36.8 Å². The summed E-state index contributed by atoms with van der Waals surface area (Å²) in [6.07, 6.45) is 11.1. The van der Waals surface area contributed by atoms with Gasteiger partial charge in [-0.1, -0.05) is 39.0 Å². The van der Waals surface area contributed by atoms with Gasteiger partial charge in [0, 0.05) is 29.7 Å². The number of aliphatic hydroxyl groups is 3. The van der Waals surface area contributed by atoms with Crippen LogP contribution in [-0.2, 0) is 32.3 Å². The van der Waals surface area contributed by atoms with E-state index in [-0.39, 0.29) is 67.9 Å². The van der Waals surface area contributed by atoms with E-state index in [2.05, 4.69) is 37.1 Å². The molecule has 1 aromatic rings. The Kier molecular flexibility index (Phi) is 13.7. The Bertz CT molecular complexity index is 1170. The van der Waals surface area contributed by atoms with Crippen molar-refractivity contribution in [1.29, 1.82) is 0 Å². The highest BCUT2D eigenvalue weighted by molar-refractivity contribution is 5.85. The summed E-state index contributed by atoms with van der Waals surface area (Å²) in [6, 6.07) is 0. The average molecular weight is 624 g/mol. The van der Waals surface area contributed by atoms with Crippen LogP contribution >= 0.6 is 12.4 Å². The molecular weight excluding hydrogens is 574 g/mol. The molecule has 4 N–H and O–H groups in total. The molecule has 0 bridgehead atoms. The number of hydrogen-bond acceptors (Lipinski definition) is 9. The van der Waals surface area contributed by atoms with E-state index in [1.54, 1.807) is 6.92 Å². The van der Waals surface area contributed by atoms with Crippen molar-refractivity contribution in [1.82, 2.24) is 4.98 Å². The number of nitrogens with zero attached hydrogens (tertiary/aromatic N) is 1. The van der Waals surface area contributed by atoms with Crippen LogP contribution in [-0.4, -0.2) is 55.7 Å². The molecule has 10 heteroatoms. The van der Waals surface area contributed by atoms with Gasteiger partial charge >= 0.3 is 11.9 Å². The number of pyridine rings is 1. The quantitative estimate of drug-likeness (QED) is 0.291. The van der Waals surface area contributed by atoms with Crippen molar-refractivity contribution in [3.05, 3.63) is 46.8 Å². The molecule has 4 rings (SSSR count). The number of carbonyl (C=O) groups excluding carboxylic acids is 2. The molecule has 2 heterocycles. The molecule has 0 amide bonds. The number of cyclic esters (lactones) is 1. The van der Waals surface area contributed by atoms with Crippen LogP contribution in [0.3, 0.4) is 0 Å². The van der Waals surface area contributed by atoms with Gasteiger partial charge < -0.3 is 29.9 Å². The minimum absolute atomic E-state index is 0. The van der Waals surface area contributed by atoms with Crippen LogP contribution in [0.25, 0.3) is 0 Å². The van der Waals surface area contributed by atoms with E-state index in [0.717, 1.165) is 25.7 Å². The number of rotatable bonds is 8. The third-order valence-corrected chi connectivity index (χ3v) is 9.11. The first-order chi connectivity index (χ1) is 19.8. The monoisotopic (exact) mass is 623 g/mol. The molecule has 2 aliphatic carbocycles. The van der Waals surface area contributed by atoms with Gasteiger partial charge in [0.15, 0.2) is 0 Å². The standard InChI is InChI=1S/C25H38O5.C8H11NO3.ClH/c1-6-25(4,5)24(28)30-21-12-15(2)11-17-8-7-16(3)20(23(17)21)10-9-19-13-18(26)14-22(27)29-19;1-5-8(12)7(4-11)6(3-10)2-9-5;/h7-8,11,15-16,18-21,23,26H,6,9-10,12-14H2,1-5H3;2,10-12H,3-4H2,1H3;1H/t15-,16-,18+,19+,20-,21-,23-;;/m0../s1. The molecule has 43 heavy (non-hydrogen) atoms. The van der Waals surface area contributed by atoms with Gasteiger partial charge in [-0.2, -0.15) is 0 Å². The van der Waals surface area contributed by atoms with Gasteiger partial charge in [0.1, 0.15) is 18.0 Å². The maximum atomic E-state index is 12.9. The first kappa shape index (κ1) is 36.7. The Hall–Kier alpha value is -2.46. The fourth-order valence-electron chi connectivity index (χ4n) is 6.08.